The van der Waals surface area contributed by atoms with Gasteiger partial charge in [0.25, 0.3) is 0 Å². The van der Waals surface area contributed by atoms with Crippen molar-refractivity contribution in [1.82, 2.24) is 9.55 Å². The van der Waals surface area contributed by atoms with Gasteiger partial charge in [-0.1, -0.05) is 182 Å². The highest BCUT2D eigenvalue weighted by Gasteiger charge is 2.54. The van der Waals surface area contributed by atoms with Crippen LogP contribution >= 0.6 is 0 Å². The quantitative estimate of drug-likeness (QED) is 0.167. The summed E-state index contributed by atoms with van der Waals surface area (Å²) >= 11 is 0. The van der Waals surface area contributed by atoms with Crippen LogP contribution in [0.4, 0.5) is 17.1 Å². The molecule has 14 rings (SSSR count). The molecule has 66 heavy (non-hydrogen) atoms. The molecule has 0 aliphatic heterocycles. The van der Waals surface area contributed by atoms with Gasteiger partial charge in [-0.15, -0.1) is 0 Å². The lowest BCUT2D eigenvalue weighted by Crippen LogP contribution is -2.25. The number of aromatic nitrogens is 2. The van der Waals surface area contributed by atoms with Crippen molar-refractivity contribution in [3.8, 4) is 50.6 Å². The summed E-state index contributed by atoms with van der Waals surface area (Å²) in [6.07, 6.45) is 0. The monoisotopic (exact) mass is 841 g/mol. The van der Waals surface area contributed by atoms with E-state index in [-0.39, 0.29) is 0 Å². The number of hydrogen-bond donors (Lipinski definition) is 0. The summed E-state index contributed by atoms with van der Waals surface area (Å²) in [6, 6.07) is 85.4. The second-order valence-corrected chi connectivity index (χ2v) is 17.4. The maximum Gasteiger partial charge on any atom is 0.159 e. The lowest BCUT2D eigenvalue weighted by atomic mass is 9.70. The van der Waals surface area contributed by atoms with Gasteiger partial charge in [0.15, 0.2) is 5.58 Å². The number of hydrogen-bond acceptors (Lipinski definition) is 3. The molecule has 0 N–H and O–H groups in total. The largest absolute Gasteiger partial charge is 0.454 e. The number of anilines is 3. The van der Waals surface area contributed by atoms with E-state index in [0.29, 0.717) is 0 Å². The van der Waals surface area contributed by atoms with Gasteiger partial charge in [-0.3, -0.25) is 4.57 Å². The van der Waals surface area contributed by atoms with Crippen molar-refractivity contribution >= 4 is 49.9 Å². The van der Waals surface area contributed by atoms with Crippen molar-refractivity contribution in [2.45, 2.75) is 5.41 Å². The number of nitrogens with zero attached hydrogens (tertiary/aromatic N) is 3. The molecule has 0 unspecified atom stereocenters. The standard InChI is InChI=1S/C62H39N3O/c1-4-19-40(20-5-1)42-37-54(41-21-6-2-7-22-41)63-58(38-42)65-55-36-35-44(64(43-23-8-3-9-24-43)56-33-18-29-48-47-27-13-17-34-57(47)66-61(48)56)39-50(55)59-60(65)49-28-12-16-32-53(49)62(59)51-30-14-10-25-45(51)46-26-11-15-31-52(46)62/h1-39H. The predicted molar refractivity (Wildman–Crippen MR) is 270 cm³/mol. The van der Waals surface area contributed by atoms with E-state index in [0.717, 1.165) is 83.8 Å². The third-order valence-electron chi connectivity index (χ3n) is 14.0. The van der Waals surface area contributed by atoms with Crippen molar-refractivity contribution in [3.63, 3.8) is 0 Å². The molecule has 4 heteroatoms. The number of rotatable bonds is 6. The van der Waals surface area contributed by atoms with Gasteiger partial charge < -0.3 is 9.32 Å². The van der Waals surface area contributed by atoms with E-state index >= 15 is 0 Å². The van der Waals surface area contributed by atoms with Crippen molar-refractivity contribution in [1.29, 1.82) is 0 Å². The molecule has 308 valence electrons. The summed E-state index contributed by atoms with van der Waals surface area (Å²) in [5.74, 6) is 0.868. The highest BCUT2D eigenvalue weighted by molar-refractivity contribution is 6.11. The highest BCUT2D eigenvalue weighted by atomic mass is 16.3. The molecule has 0 radical (unpaired) electrons. The lowest BCUT2D eigenvalue weighted by Gasteiger charge is -2.30. The molecule has 4 nitrogen and oxygen atoms in total. The van der Waals surface area contributed by atoms with Crippen molar-refractivity contribution in [3.05, 3.63) is 259 Å². The minimum Gasteiger partial charge on any atom is -0.454 e. The van der Waals surface area contributed by atoms with Crippen LogP contribution in [-0.2, 0) is 5.41 Å². The number of benzene rings is 9. The lowest BCUT2D eigenvalue weighted by molar-refractivity contribution is 0.669. The van der Waals surface area contributed by atoms with E-state index in [1.807, 2.05) is 6.07 Å². The number of furan rings is 1. The van der Waals surface area contributed by atoms with Crippen molar-refractivity contribution < 1.29 is 4.42 Å². The molecule has 0 bridgehead atoms. The van der Waals surface area contributed by atoms with Crippen LogP contribution in [0.2, 0.25) is 0 Å². The van der Waals surface area contributed by atoms with Crippen LogP contribution in [0.1, 0.15) is 22.3 Å². The van der Waals surface area contributed by atoms with Crippen LogP contribution in [0.25, 0.3) is 83.4 Å². The molecule has 2 aliphatic rings. The van der Waals surface area contributed by atoms with Gasteiger partial charge in [-0.2, -0.15) is 0 Å². The van der Waals surface area contributed by atoms with E-state index < -0.39 is 5.41 Å². The zero-order valence-electron chi connectivity index (χ0n) is 35.8. The first-order valence-corrected chi connectivity index (χ1v) is 22.6. The summed E-state index contributed by atoms with van der Waals surface area (Å²) in [4.78, 5) is 7.99. The normalized spacial score (nSPS) is 13.0. The molecule has 3 aromatic heterocycles. The second-order valence-electron chi connectivity index (χ2n) is 17.4. The van der Waals surface area contributed by atoms with Gasteiger partial charge in [0.1, 0.15) is 11.4 Å². The Balaban J connectivity index is 1.13. The molecule has 2 aliphatic carbocycles. The Kier molecular flexibility index (Phi) is 7.87. The van der Waals surface area contributed by atoms with Gasteiger partial charge >= 0.3 is 0 Å². The molecular weight excluding hydrogens is 803 g/mol. The number of para-hydroxylation sites is 3. The summed E-state index contributed by atoms with van der Waals surface area (Å²) in [5.41, 5.74) is 19.5. The summed E-state index contributed by atoms with van der Waals surface area (Å²) < 4.78 is 9.22. The third-order valence-corrected chi connectivity index (χ3v) is 14.0. The Hall–Kier alpha value is -8.73. The first-order chi connectivity index (χ1) is 32.8. The molecule has 1 spiro atoms. The SMILES string of the molecule is c1ccc(-c2cc(-c3ccccc3)nc(-n3c4c(c5cc(N(c6ccccc6)c6cccc7c6oc6ccccc67)ccc53)C3(c5ccccc5-c5ccccc53)c3ccccc3-4)c2)cc1. The zero-order valence-corrected chi connectivity index (χ0v) is 35.8. The third kappa shape index (κ3) is 5.12. The Morgan fingerprint density at radius 3 is 1.74 bits per heavy atom. The predicted octanol–water partition coefficient (Wildman–Crippen LogP) is 16.1. The zero-order chi connectivity index (χ0) is 43.3. The Labute approximate surface area is 381 Å². The van der Waals surface area contributed by atoms with Gasteiger partial charge in [-0.05, 0) is 93.5 Å². The number of fused-ring (bicyclic) bond motifs is 15. The molecule has 12 aromatic rings. The minimum atomic E-state index is -0.600. The molecule has 0 saturated heterocycles. The second kappa shape index (κ2) is 14.1. The van der Waals surface area contributed by atoms with Crippen LogP contribution in [0.3, 0.4) is 0 Å². The maximum absolute atomic E-state index is 6.77. The Morgan fingerprint density at radius 1 is 0.424 bits per heavy atom. The average Bonchev–Trinajstić information content (AvgIpc) is 4.11. The van der Waals surface area contributed by atoms with Crippen LogP contribution in [0.5, 0.6) is 0 Å². The smallest absolute Gasteiger partial charge is 0.159 e. The van der Waals surface area contributed by atoms with E-state index in [1.54, 1.807) is 0 Å². The fourth-order valence-electron chi connectivity index (χ4n) is 11.3. The Morgan fingerprint density at radius 2 is 1.02 bits per heavy atom. The van der Waals surface area contributed by atoms with E-state index in [1.165, 1.54) is 38.9 Å². The van der Waals surface area contributed by atoms with Crippen molar-refractivity contribution in [2.24, 2.45) is 0 Å². The maximum atomic E-state index is 6.77. The van der Waals surface area contributed by atoms with Gasteiger partial charge in [0, 0.05) is 44.2 Å². The molecule has 0 saturated carbocycles. The molecule has 0 atom stereocenters. The average molecular weight is 842 g/mol. The minimum absolute atomic E-state index is 0.600. The van der Waals surface area contributed by atoms with Crippen LogP contribution in [-0.4, -0.2) is 9.55 Å². The van der Waals surface area contributed by atoms with Gasteiger partial charge in [-0.25, -0.2) is 4.98 Å². The fraction of sp³-hybridized carbons (Fsp3) is 0.0161. The molecule has 9 aromatic carbocycles. The number of pyridine rings is 1. The topological polar surface area (TPSA) is 34.2 Å². The molecule has 3 heterocycles. The molecular formula is C62H39N3O. The first-order valence-electron chi connectivity index (χ1n) is 22.6. The van der Waals surface area contributed by atoms with Gasteiger partial charge in [0.2, 0.25) is 0 Å². The summed E-state index contributed by atoms with van der Waals surface area (Å²) in [7, 11) is 0. The van der Waals surface area contributed by atoms with Crippen molar-refractivity contribution in [2.75, 3.05) is 4.90 Å². The van der Waals surface area contributed by atoms with E-state index in [4.69, 9.17) is 9.40 Å². The van der Waals surface area contributed by atoms with Gasteiger partial charge in [0.05, 0.1) is 28.0 Å². The molecule has 0 amide bonds. The molecule has 0 fully saturated rings. The van der Waals surface area contributed by atoms with Crippen LogP contribution in [0, 0.1) is 0 Å². The van der Waals surface area contributed by atoms with Crippen LogP contribution < -0.4 is 4.90 Å². The van der Waals surface area contributed by atoms with Crippen LogP contribution in [0.15, 0.2) is 241 Å². The van der Waals surface area contributed by atoms with E-state index in [2.05, 4.69) is 240 Å². The summed E-state index contributed by atoms with van der Waals surface area (Å²) in [6.45, 7) is 0. The summed E-state index contributed by atoms with van der Waals surface area (Å²) in [5, 5.41) is 3.35. The fourth-order valence-corrected chi connectivity index (χ4v) is 11.3. The Bertz CT molecular complexity index is 3780. The first kappa shape index (κ1) is 36.7. The van der Waals surface area contributed by atoms with E-state index in [9.17, 15) is 0 Å². The highest BCUT2D eigenvalue weighted by Crippen LogP contribution is 2.65.